The molecule has 0 spiro atoms. The first-order valence-electron chi connectivity index (χ1n) is 6.40. The van der Waals surface area contributed by atoms with E-state index in [4.69, 9.17) is 9.15 Å². The summed E-state index contributed by atoms with van der Waals surface area (Å²) in [7, 11) is 0. The first kappa shape index (κ1) is 11.5. The highest BCUT2D eigenvalue weighted by Gasteiger charge is 2.20. The van der Waals surface area contributed by atoms with Gasteiger partial charge in [0.1, 0.15) is 5.58 Å². The standard InChI is InChI=1S/C15H16O3/c1-10-5-6-13-11(8-10)9-12(15(16)18-13)14-4-2-3-7-17-14/h5-6,8-9,14H,2-4,7H2,1H3. The predicted molar refractivity (Wildman–Crippen MR) is 69.8 cm³/mol. The third-order valence-corrected chi connectivity index (χ3v) is 3.44. The van der Waals surface area contributed by atoms with Gasteiger partial charge in [0.15, 0.2) is 0 Å². The van der Waals surface area contributed by atoms with Gasteiger partial charge in [0.05, 0.1) is 11.7 Å². The van der Waals surface area contributed by atoms with E-state index < -0.39 is 0 Å². The van der Waals surface area contributed by atoms with Crippen molar-refractivity contribution >= 4 is 11.0 Å². The summed E-state index contributed by atoms with van der Waals surface area (Å²) in [6.45, 7) is 2.76. The highest BCUT2D eigenvalue weighted by atomic mass is 16.5. The van der Waals surface area contributed by atoms with Gasteiger partial charge in [-0.25, -0.2) is 4.79 Å². The number of aryl methyl sites for hydroxylation is 1. The van der Waals surface area contributed by atoms with Crippen molar-refractivity contribution in [3.63, 3.8) is 0 Å². The molecule has 2 aromatic rings. The van der Waals surface area contributed by atoms with Crippen LogP contribution >= 0.6 is 0 Å². The lowest BCUT2D eigenvalue weighted by molar-refractivity contribution is 0.0131. The van der Waals surface area contributed by atoms with Crippen LogP contribution in [-0.2, 0) is 4.74 Å². The van der Waals surface area contributed by atoms with Gasteiger partial charge >= 0.3 is 5.63 Å². The van der Waals surface area contributed by atoms with Crippen LogP contribution in [-0.4, -0.2) is 6.61 Å². The van der Waals surface area contributed by atoms with E-state index in [0.717, 1.165) is 36.8 Å². The molecule has 1 unspecified atom stereocenters. The molecule has 0 bridgehead atoms. The van der Waals surface area contributed by atoms with Crippen molar-refractivity contribution in [1.29, 1.82) is 0 Å². The molecule has 3 heteroatoms. The molecule has 3 nitrogen and oxygen atoms in total. The van der Waals surface area contributed by atoms with E-state index in [2.05, 4.69) is 0 Å². The van der Waals surface area contributed by atoms with E-state index in [1.807, 2.05) is 31.2 Å². The monoisotopic (exact) mass is 244 g/mol. The maximum atomic E-state index is 12.0. The molecule has 1 aromatic carbocycles. The van der Waals surface area contributed by atoms with Gasteiger partial charge in [-0.05, 0) is 44.4 Å². The van der Waals surface area contributed by atoms with E-state index in [9.17, 15) is 4.79 Å². The zero-order chi connectivity index (χ0) is 12.5. The molecule has 0 amide bonds. The van der Waals surface area contributed by atoms with Crippen LogP contribution in [0.5, 0.6) is 0 Å². The van der Waals surface area contributed by atoms with Crippen LogP contribution in [0, 0.1) is 6.92 Å². The Balaban J connectivity index is 2.10. The van der Waals surface area contributed by atoms with Gasteiger partial charge in [-0.15, -0.1) is 0 Å². The maximum absolute atomic E-state index is 12.0. The van der Waals surface area contributed by atoms with Crippen LogP contribution in [0.2, 0.25) is 0 Å². The van der Waals surface area contributed by atoms with Crippen molar-refractivity contribution in [2.45, 2.75) is 32.3 Å². The van der Waals surface area contributed by atoms with E-state index in [0.29, 0.717) is 11.1 Å². The molecular formula is C15H16O3. The quantitative estimate of drug-likeness (QED) is 0.722. The number of rotatable bonds is 1. The molecule has 3 rings (SSSR count). The molecule has 18 heavy (non-hydrogen) atoms. The van der Waals surface area contributed by atoms with E-state index in [1.54, 1.807) is 0 Å². The molecule has 2 heterocycles. The number of hydrogen-bond donors (Lipinski definition) is 0. The van der Waals surface area contributed by atoms with E-state index in [1.165, 1.54) is 0 Å². The molecular weight excluding hydrogens is 228 g/mol. The van der Waals surface area contributed by atoms with E-state index in [-0.39, 0.29) is 11.7 Å². The summed E-state index contributed by atoms with van der Waals surface area (Å²) < 4.78 is 11.0. The first-order chi connectivity index (χ1) is 8.74. The fraction of sp³-hybridized carbons (Fsp3) is 0.400. The molecule has 1 aromatic heterocycles. The molecule has 1 fully saturated rings. The third-order valence-electron chi connectivity index (χ3n) is 3.44. The van der Waals surface area contributed by atoms with Gasteiger partial charge in [-0.3, -0.25) is 0 Å². The second kappa shape index (κ2) is 4.58. The Hall–Kier alpha value is -1.61. The Kier molecular flexibility index (Phi) is 2.92. The van der Waals surface area contributed by atoms with Gasteiger partial charge in [-0.2, -0.15) is 0 Å². The molecule has 0 saturated carbocycles. The summed E-state index contributed by atoms with van der Waals surface area (Å²) in [5, 5.41) is 0.971. The molecule has 1 aliphatic rings. The van der Waals surface area contributed by atoms with Crippen LogP contribution in [0.1, 0.15) is 36.5 Å². The second-order valence-electron chi connectivity index (χ2n) is 4.89. The Morgan fingerprint density at radius 3 is 2.89 bits per heavy atom. The van der Waals surface area contributed by atoms with Crippen molar-refractivity contribution in [1.82, 2.24) is 0 Å². The van der Waals surface area contributed by atoms with Crippen LogP contribution in [0.4, 0.5) is 0 Å². The molecule has 1 aliphatic heterocycles. The Bertz CT molecular complexity index is 621. The SMILES string of the molecule is Cc1ccc2oc(=O)c(C3CCCCO3)cc2c1. The van der Waals surface area contributed by atoms with Crippen LogP contribution in [0.3, 0.4) is 0 Å². The first-order valence-corrected chi connectivity index (χ1v) is 6.40. The minimum atomic E-state index is -0.266. The van der Waals surface area contributed by atoms with Gasteiger partial charge in [0, 0.05) is 12.0 Å². The molecule has 1 atom stereocenters. The zero-order valence-corrected chi connectivity index (χ0v) is 10.4. The average Bonchev–Trinajstić information content (AvgIpc) is 2.39. The van der Waals surface area contributed by atoms with Gasteiger partial charge in [-0.1, -0.05) is 11.6 Å². The number of hydrogen-bond acceptors (Lipinski definition) is 3. The summed E-state index contributed by atoms with van der Waals surface area (Å²) in [6, 6.07) is 7.74. The molecule has 94 valence electrons. The minimum Gasteiger partial charge on any atom is -0.422 e. The summed E-state index contributed by atoms with van der Waals surface area (Å²) in [4.78, 5) is 12.0. The van der Waals surface area contributed by atoms with Crippen molar-refractivity contribution in [3.8, 4) is 0 Å². The second-order valence-corrected chi connectivity index (χ2v) is 4.89. The molecule has 0 N–H and O–H groups in total. The summed E-state index contributed by atoms with van der Waals surface area (Å²) in [6.07, 6.45) is 2.99. The minimum absolute atomic E-state index is 0.0973. The third kappa shape index (κ3) is 2.06. The zero-order valence-electron chi connectivity index (χ0n) is 10.4. The van der Waals surface area contributed by atoms with Crippen molar-refractivity contribution in [3.05, 3.63) is 45.8 Å². The van der Waals surface area contributed by atoms with Crippen LogP contribution in [0.15, 0.2) is 33.5 Å². The van der Waals surface area contributed by atoms with Crippen molar-refractivity contribution in [2.24, 2.45) is 0 Å². The number of benzene rings is 1. The predicted octanol–water partition coefficient (Wildman–Crippen LogP) is 3.34. The lowest BCUT2D eigenvalue weighted by Crippen LogP contribution is -2.18. The lowest BCUT2D eigenvalue weighted by Gasteiger charge is -2.21. The molecule has 0 aliphatic carbocycles. The van der Waals surface area contributed by atoms with Crippen molar-refractivity contribution in [2.75, 3.05) is 6.61 Å². The fourth-order valence-electron chi connectivity index (χ4n) is 2.47. The molecule has 0 radical (unpaired) electrons. The van der Waals surface area contributed by atoms with Crippen LogP contribution < -0.4 is 5.63 Å². The van der Waals surface area contributed by atoms with Gasteiger partial charge < -0.3 is 9.15 Å². The maximum Gasteiger partial charge on any atom is 0.342 e. The average molecular weight is 244 g/mol. The summed E-state index contributed by atoms with van der Waals surface area (Å²) in [5.74, 6) is 0. The largest absolute Gasteiger partial charge is 0.422 e. The summed E-state index contributed by atoms with van der Waals surface area (Å²) >= 11 is 0. The number of fused-ring (bicyclic) bond motifs is 1. The summed E-state index contributed by atoms with van der Waals surface area (Å²) in [5.41, 5.74) is 2.20. The fourth-order valence-corrected chi connectivity index (χ4v) is 2.47. The van der Waals surface area contributed by atoms with Crippen LogP contribution in [0.25, 0.3) is 11.0 Å². The number of ether oxygens (including phenoxy) is 1. The Morgan fingerprint density at radius 2 is 2.11 bits per heavy atom. The van der Waals surface area contributed by atoms with E-state index >= 15 is 0 Å². The lowest BCUT2D eigenvalue weighted by atomic mass is 10.0. The molecule has 1 saturated heterocycles. The normalized spacial score (nSPS) is 20.2. The van der Waals surface area contributed by atoms with Gasteiger partial charge in [0.2, 0.25) is 0 Å². The van der Waals surface area contributed by atoms with Crippen molar-refractivity contribution < 1.29 is 9.15 Å². The van der Waals surface area contributed by atoms with Gasteiger partial charge in [0.25, 0.3) is 0 Å². The Morgan fingerprint density at radius 1 is 1.22 bits per heavy atom. The highest BCUT2D eigenvalue weighted by Crippen LogP contribution is 2.27. The Labute approximate surface area is 105 Å². The highest BCUT2D eigenvalue weighted by molar-refractivity contribution is 5.77. The topological polar surface area (TPSA) is 39.4 Å². The smallest absolute Gasteiger partial charge is 0.342 e.